The Hall–Kier alpha value is -1.31. The predicted octanol–water partition coefficient (Wildman–Crippen LogP) is 0.753. The maximum Gasteiger partial charge on any atom is 0.240 e. The fourth-order valence-electron chi connectivity index (χ4n) is 2.21. The fourth-order valence-corrected chi connectivity index (χ4v) is 2.86. The van der Waals surface area contributed by atoms with Crippen LogP contribution in [0.1, 0.15) is 13.3 Å². The molecule has 2 atom stereocenters. The Bertz CT molecular complexity index is 559. The zero-order chi connectivity index (χ0) is 14.0. The number of rotatable bonds is 4. The summed E-state index contributed by atoms with van der Waals surface area (Å²) in [5, 5.41) is 8.30. The average Bonchev–Trinajstić information content (AvgIpc) is 2.70. The SMILES string of the molecule is CC1OCCC1CNc1ccc(S(N)(=O)=O)c(N)c1. The van der Waals surface area contributed by atoms with Crippen LogP contribution in [0.25, 0.3) is 0 Å². The molecule has 106 valence electrons. The highest BCUT2D eigenvalue weighted by atomic mass is 32.2. The van der Waals surface area contributed by atoms with Gasteiger partial charge in [-0.1, -0.05) is 0 Å². The van der Waals surface area contributed by atoms with Crippen LogP contribution in [0.15, 0.2) is 23.1 Å². The summed E-state index contributed by atoms with van der Waals surface area (Å²) in [6.07, 6.45) is 1.27. The molecule has 1 heterocycles. The smallest absolute Gasteiger partial charge is 0.240 e. The molecule has 0 spiro atoms. The second kappa shape index (κ2) is 5.36. The summed E-state index contributed by atoms with van der Waals surface area (Å²) in [5.74, 6) is 0.458. The Kier molecular flexibility index (Phi) is 3.98. The number of nitrogen functional groups attached to an aromatic ring is 1. The normalized spacial score (nSPS) is 23.5. The van der Waals surface area contributed by atoms with Gasteiger partial charge in [0.05, 0.1) is 11.8 Å². The van der Waals surface area contributed by atoms with Crippen LogP contribution in [-0.4, -0.2) is 27.7 Å². The zero-order valence-corrected chi connectivity index (χ0v) is 11.6. The van der Waals surface area contributed by atoms with Gasteiger partial charge >= 0.3 is 0 Å². The van der Waals surface area contributed by atoms with E-state index in [1.807, 2.05) is 0 Å². The lowest BCUT2D eigenvalue weighted by atomic mass is 10.0. The summed E-state index contributed by atoms with van der Waals surface area (Å²) in [5.41, 5.74) is 6.63. The molecule has 1 aliphatic heterocycles. The first kappa shape index (κ1) is 14.1. The van der Waals surface area contributed by atoms with E-state index in [0.29, 0.717) is 5.92 Å². The molecule has 6 nitrogen and oxygen atoms in total. The van der Waals surface area contributed by atoms with E-state index >= 15 is 0 Å². The number of nitrogens with one attached hydrogen (secondary N) is 1. The van der Waals surface area contributed by atoms with Crippen LogP contribution >= 0.6 is 0 Å². The van der Waals surface area contributed by atoms with Crippen molar-refractivity contribution in [1.82, 2.24) is 0 Å². The van der Waals surface area contributed by atoms with E-state index in [4.69, 9.17) is 15.6 Å². The average molecular weight is 285 g/mol. The van der Waals surface area contributed by atoms with Gasteiger partial charge in [0, 0.05) is 24.8 Å². The molecule has 0 aromatic heterocycles. The maximum absolute atomic E-state index is 11.2. The number of hydrogen-bond donors (Lipinski definition) is 3. The zero-order valence-electron chi connectivity index (χ0n) is 10.8. The number of ether oxygens (including phenoxy) is 1. The molecular weight excluding hydrogens is 266 g/mol. The minimum Gasteiger partial charge on any atom is -0.398 e. The van der Waals surface area contributed by atoms with Crippen LogP contribution in [0, 0.1) is 5.92 Å². The van der Waals surface area contributed by atoms with Crippen molar-refractivity contribution in [2.24, 2.45) is 11.1 Å². The lowest BCUT2D eigenvalue weighted by Gasteiger charge is -2.16. The van der Waals surface area contributed by atoms with Gasteiger partial charge in [-0.05, 0) is 31.5 Å². The Balaban J connectivity index is 2.04. The van der Waals surface area contributed by atoms with E-state index < -0.39 is 10.0 Å². The minimum absolute atomic E-state index is 0.0457. The number of anilines is 2. The molecule has 0 saturated carbocycles. The van der Waals surface area contributed by atoms with E-state index in [1.165, 1.54) is 6.07 Å². The minimum atomic E-state index is -3.76. The van der Waals surface area contributed by atoms with Gasteiger partial charge in [-0.25, -0.2) is 13.6 Å². The summed E-state index contributed by atoms with van der Waals surface area (Å²) >= 11 is 0. The molecule has 0 bridgehead atoms. The van der Waals surface area contributed by atoms with Crippen molar-refractivity contribution in [2.45, 2.75) is 24.3 Å². The van der Waals surface area contributed by atoms with E-state index in [2.05, 4.69) is 12.2 Å². The Morgan fingerprint density at radius 2 is 2.21 bits per heavy atom. The van der Waals surface area contributed by atoms with E-state index in [0.717, 1.165) is 25.3 Å². The summed E-state index contributed by atoms with van der Waals surface area (Å²) in [4.78, 5) is -0.0457. The number of hydrogen-bond acceptors (Lipinski definition) is 5. The lowest BCUT2D eigenvalue weighted by Crippen LogP contribution is -2.21. The molecule has 19 heavy (non-hydrogen) atoms. The quantitative estimate of drug-likeness (QED) is 0.708. The lowest BCUT2D eigenvalue weighted by molar-refractivity contribution is 0.108. The third-order valence-electron chi connectivity index (χ3n) is 3.42. The van der Waals surface area contributed by atoms with Crippen molar-refractivity contribution in [3.8, 4) is 0 Å². The molecule has 1 saturated heterocycles. The number of benzene rings is 1. The molecule has 0 aliphatic carbocycles. The van der Waals surface area contributed by atoms with Gasteiger partial charge in [0.1, 0.15) is 4.90 Å². The van der Waals surface area contributed by atoms with E-state index in [-0.39, 0.29) is 16.7 Å². The van der Waals surface area contributed by atoms with Crippen LogP contribution in [0.4, 0.5) is 11.4 Å². The summed E-state index contributed by atoms with van der Waals surface area (Å²) < 4.78 is 28.0. The molecule has 0 amide bonds. The summed E-state index contributed by atoms with van der Waals surface area (Å²) in [7, 11) is -3.76. The summed E-state index contributed by atoms with van der Waals surface area (Å²) in [6, 6.07) is 4.67. The Labute approximate surface area is 113 Å². The van der Waals surface area contributed by atoms with Crippen molar-refractivity contribution in [2.75, 3.05) is 24.2 Å². The number of nitrogens with two attached hydrogens (primary N) is 2. The Morgan fingerprint density at radius 1 is 1.47 bits per heavy atom. The van der Waals surface area contributed by atoms with Gasteiger partial charge in [0.25, 0.3) is 0 Å². The molecule has 7 heteroatoms. The highest BCUT2D eigenvalue weighted by Gasteiger charge is 2.23. The number of primary sulfonamides is 1. The second-order valence-electron chi connectivity index (χ2n) is 4.80. The molecule has 1 aliphatic rings. The molecule has 2 unspecified atom stereocenters. The van der Waals surface area contributed by atoms with Crippen molar-refractivity contribution in [1.29, 1.82) is 0 Å². The highest BCUT2D eigenvalue weighted by molar-refractivity contribution is 7.89. The molecule has 0 radical (unpaired) electrons. The van der Waals surface area contributed by atoms with E-state index in [9.17, 15) is 8.42 Å². The van der Waals surface area contributed by atoms with Gasteiger partial charge < -0.3 is 15.8 Å². The first-order chi connectivity index (χ1) is 8.88. The molecule has 1 aromatic carbocycles. The van der Waals surface area contributed by atoms with Crippen LogP contribution in [-0.2, 0) is 14.8 Å². The molecule has 1 aromatic rings. The van der Waals surface area contributed by atoms with Gasteiger partial charge in [-0.3, -0.25) is 0 Å². The van der Waals surface area contributed by atoms with Crippen molar-refractivity contribution in [3.63, 3.8) is 0 Å². The molecule has 1 fully saturated rings. The van der Waals surface area contributed by atoms with Gasteiger partial charge in [-0.2, -0.15) is 0 Å². The predicted molar refractivity (Wildman–Crippen MR) is 74.2 cm³/mol. The first-order valence-corrected chi connectivity index (χ1v) is 7.70. The van der Waals surface area contributed by atoms with Crippen molar-refractivity contribution < 1.29 is 13.2 Å². The number of sulfonamides is 1. The van der Waals surface area contributed by atoms with Crippen LogP contribution in [0.2, 0.25) is 0 Å². The van der Waals surface area contributed by atoms with E-state index in [1.54, 1.807) is 12.1 Å². The fraction of sp³-hybridized carbons (Fsp3) is 0.500. The highest BCUT2D eigenvalue weighted by Crippen LogP contribution is 2.24. The largest absolute Gasteiger partial charge is 0.398 e. The Morgan fingerprint density at radius 3 is 2.74 bits per heavy atom. The third kappa shape index (κ3) is 3.37. The molecular formula is C12H19N3O3S. The standard InChI is InChI=1S/C12H19N3O3S/c1-8-9(4-5-18-8)7-15-10-2-3-12(11(13)6-10)19(14,16)17/h2-3,6,8-9,15H,4-5,7,13H2,1H3,(H2,14,16,17). The first-order valence-electron chi connectivity index (χ1n) is 6.15. The van der Waals surface area contributed by atoms with Crippen LogP contribution in [0.5, 0.6) is 0 Å². The topological polar surface area (TPSA) is 107 Å². The van der Waals surface area contributed by atoms with Crippen LogP contribution in [0.3, 0.4) is 0 Å². The second-order valence-corrected chi connectivity index (χ2v) is 6.33. The third-order valence-corrected chi connectivity index (χ3v) is 4.40. The summed E-state index contributed by atoms with van der Waals surface area (Å²) in [6.45, 7) is 3.62. The van der Waals surface area contributed by atoms with Crippen LogP contribution < -0.4 is 16.2 Å². The van der Waals surface area contributed by atoms with Gasteiger partial charge in [-0.15, -0.1) is 0 Å². The van der Waals surface area contributed by atoms with Gasteiger partial charge in [0.2, 0.25) is 10.0 Å². The van der Waals surface area contributed by atoms with Gasteiger partial charge in [0.15, 0.2) is 0 Å². The molecule has 2 rings (SSSR count). The maximum atomic E-state index is 11.2. The monoisotopic (exact) mass is 285 g/mol. The van der Waals surface area contributed by atoms with Crippen molar-refractivity contribution >= 4 is 21.4 Å². The molecule has 5 N–H and O–H groups in total. The van der Waals surface area contributed by atoms with Crippen molar-refractivity contribution in [3.05, 3.63) is 18.2 Å².